The van der Waals surface area contributed by atoms with Crippen molar-refractivity contribution < 1.29 is 72.2 Å². The molecular formula is C8H2Co2O8. The minimum absolute atomic E-state index is 0. The quantitative estimate of drug-likeness (QED) is 0.426. The Morgan fingerprint density at radius 3 is 0.278 bits per heavy atom. The standard InChI is InChI=1S/8CO.2Co.H2/c8*1-2;;;/h;;;;;;;;;;1H. The predicted octanol–water partition coefficient (Wildman–Crippen LogP) is -0.0591. The van der Waals surface area contributed by atoms with Crippen LogP contribution in [0.5, 0.6) is 0 Å². The first-order valence-electron chi connectivity index (χ1n) is 1.63. The van der Waals surface area contributed by atoms with Gasteiger partial charge in [-0.05, 0) is 0 Å². The monoisotopic (exact) mass is 344 g/mol. The smallest absolute Gasteiger partial charge is 0 e. The van der Waals surface area contributed by atoms with Crippen molar-refractivity contribution in [1.82, 2.24) is 0 Å². The third kappa shape index (κ3) is 2550. The maximum atomic E-state index is 7.50. The molecule has 0 unspecified atom stereocenters. The van der Waals surface area contributed by atoms with Crippen LogP contribution in [0, 0.1) is 53.2 Å². The van der Waals surface area contributed by atoms with Crippen molar-refractivity contribution in [2.24, 2.45) is 0 Å². The SMILES string of the molecule is [C-]#[O+].[C-]#[O+].[C-]#[O+].[C-]#[O+].[C-]#[O+].[C-]#[O+].[C-]#[O+].[C-]#[O+].[Co].[Co].[HH]. The molecule has 0 saturated carbocycles. The van der Waals surface area contributed by atoms with E-state index in [9.17, 15) is 0 Å². The molecule has 100 valence electrons. The Hall–Kier alpha value is -1.07. The van der Waals surface area contributed by atoms with Crippen LogP contribution in [-0.2, 0) is 70.8 Å². The van der Waals surface area contributed by atoms with Gasteiger partial charge in [-0.2, -0.15) is 0 Å². The van der Waals surface area contributed by atoms with Crippen molar-refractivity contribution in [3.05, 3.63) is 53.2 Å². The van der Waals surface area contributed by atoms with Gasteiger partial charge < -0.3 is 0 Å². The fourth-order valence-corrected chi connectivity index (χ4v) is 0. The van der Waals surface area contributed by atoms with E-state index in [-0.39, 0.29) is 35.0 Å². The molecule has 0 aliphatic rings. The molecule has 2 radical (unpaired) electrons. The molecule has 0 heterocycles. The Morgan fingerprint density at radius 2 is 0.278 bits per heavy atom. The minimum Gasteiger partial charge on any atom is 0 e. The Balaban J connectivity index is -0.00000000418. The summed E-state index contributed by atoms with van der Waals surface area (Å²) in [6.45, 7) is 36.0. The van der Waals surface area contributed by atoms with Gasteiger partial charge in [-0.1, -0.05) is 0 Å². The molecular weight excluding hydrogens is 342 g/mol. The molecule has 10 heteroatoms. The zero-order valence-electron chi connectivity index (χ0n) is 7.93. The summed E-state index contributed by atoms with van der Waals surface area (Å²) in [7, 11) is 0. The first-order chi connectivity index (χ1) is 8.00. The Morgan fingerprint density at radius 1 is 0.278 bits per heavy atom. The molecule has 0 aliphatic heterocycles. The molecule has 0 amide bonds. The van der Waals surface area contributed by atoms with E-state index in [1.54, 1.807) is 0 Å². The molecule has 18 heavy (non-hydrogen) atoms. The third-order valence-corrected chi connectivity index (χ3v) is 0. The summed E-state index contributed by atoms with van der Waals surface area (Å²) in [5, 5.41) is 0. The van der Waals surface area contributed by atoms with Gasteiger partial charge in [0.15, 0.2) is 0 Å². The molecule has 0 rings (SSSR count). The normalized spacial score (nSPS) is 0.889. The fraction of sp³-hybridized carbons (Fsp3) is 0. The molecule has 0 atom stereocenters. The third-order valence-electron chi connectivity index (χ3n) is 0. The van der Waals surface area contributed by atoms with Crippen LogP contribution in [0.3, 0.4) is 0 Å². The van der Waals surface area contributed by atoms with Gasteiger partial charge in [0.2, 0.25) is 0 Å². The predicted molar refractivity (Wildman–Crippen MR) is 33.5 cm³/mol. The molecule has 0 N–H and O–H groups in total. The van der Waals surface area contributed by atoms with Gasteiger partial charge in [0.1, 0.15) is 0 Å². The largest absolute Gasteiger partial charge is 0 e. The average Bonchev–Trinajstić information content (AvgIpc) is 2.54. The molecule has 0 bridgehead atoms. The Labute approximate surface area is 126 Å². The first-order valence-corrected chi connectivity index (χ1v) is 1.63. The van der Waals surface area contributed by atoms with Crippen LogP contribution in [0.25, 0.3) is 0 Å². The van der Waals surface area contributed by atoms with Crippen LogP contribution in [0.4, 0.5) is 0 Å². The van der Waals surface area contributed by atoms with Crippen LogP contribution in [0.1, 0.15) is 1.43 Å². The van der Waals surface area contributed by atoms with Gasteiger partial charge in [-0.25, -0.2) is 0 Å². The van der Waals surface area contributed by atoms with Gasteiger partial charge in [-0.3, -0.25) is 0 Å². The summed E-state index contributed by atoms with van der Waals surface area (Å²) < 4.78 is 60.0. The van der Waals surface area contributed by atoms with Crippen LogP contribution < -0.4 is 0 Å². The topological polar surface area (TPSA) is 159 Å². The number of hydrogen-bond donors (Lipinski definition) is 0. The van der Waals surface area contributed by atoms with Crippen LogP contribution in [0.2, 0.25) is 0 Å². The van der Waals surface area contributed by atoms with Crippen LogP contribution >= 0.6 is 0 Å². The Kier molecular flexibility index (Phi) is 15500. The van der Waals surface area contributed by atoms with Gasteiger partial charge in [0.25, 0.3) is 0 Å². The molecule has 0 aromatic rings. The van der Waals surface area contributed by atoms with Crippen molar-refractivity contribution >= 4 is 0 Å². The summed E-state index contributed by atoms with van der Waals surface area (Å²) in [5.74, 6) is 0. The van der Waals surface area contributed by atoms with Crippen molar-refractivity contribution in [3.8, 4) is 0 Å². The first kappa shape index (κ1) is 89.4. The summed E-state index contributed by atoms with van der Waals surface area (Å²) in [5.41, 5.74) is 0. The van der Waals surface area contributed by atoms with E-state index in [4.69, 9.17) is 37.2 Å². The second kappa shape index (κ2) is 3120. The van der Waals surface area contributed by atoms with E-state index < -0.39 is 0 Å². The maximum absolute atomic E-state index is 7.50. The van der Waals surface area contributed by atoms with Gasteiger partial charge >= 0.3 is 90.4 Å². The molecule has 0 aliphatic carbocycles. The zero-order valence-corrected chi connectivity index (χ0v) is 10.0. The van der Waals surface area contributed by atoms with E-state index in [1.807, 2.05) is 0 Å². The minimum atomic E-state index is 0. The van der Waals surface area contributed by atoms with Crippen molar-refractivity contribution in [1.29, 1.82) is 0 Å². The van der Waals surface area contributed by atoms with Gasteiger partial charge in [0.05, 0.1) is 0 Å². The van der Waals surface area contributed by atoms with E-state index >= 15 is 0 Å². The molecule has 0 aromatic carbocycles. The van der Waals surface area contributed by atoms with Crippen molar-refractivity contribution in [2.75, 3.05) is 0 Å². The second-order valence-corrected chi connectivity index (χ2v) is 0. The van der Waals surface area contributed by atoms with Gasteiger partial charge in [0, 0.05) is 35.0 Å². The average molecular weight is 344 g/mol. The fourth-order valence-electron chi connectivity index (χ4n) is 0. The molecule has 8 nitrogen and oxygen atoms in total. The van der Waals surface area contributed by atoms with Crippen LogP contribution in [-0.4, -0.2) is 0 Å². The van der Waals surface area contributed by atoms with Crippen molar-refractivity contribution in [2.45, 2.75) is 0 Å². The number of rotatable bonds is 0. The summed E-state index contributed by atoms with van der Waals surface area (Å²) in [6, 6.07) is 0. The summed E-state index contributed by atoms with van der Waals surface area (Å²) in [4.78, 5) is 0. The summed E-state index contributed by atoms with van der Waals surface area (Å²) in [6.07, 6.45) is 0. The van der Waals surface area contributed by atoms with Crippen molar-refractivity contribution in [3.63, 3.8) is 0 Å². The summed E-state index contributed by atoms with van der Waals surface area (Å²) >= 11 is 0. The van der Waals surface area contributed by atoms with E-state index in [0.717, 1.165) is 0 Å². The van der Waals surface area contributed by atoms with Crippen LogP contribution in [0.15, 0.2) is 0 Å². The molecule has 0 fully saturated rings. The molecule has 0 aromatic heterocycles. The molecule has 0 spiro atoms. The van der Waals surface area contributed by atoms with E-state index in [2.05, 4.69) is 53.2 Å². The maximum Gasteiger partial charge on any atom is 0 e. The van der Waals surface area contributed by atoms with E-state index in [0.29, 0.717) is 0 Å². The van der Waals surface area contributed by atoms with E-state index in [1.165, 1.54) is 0 Å². The number of hydrogen-bond acceptors (Lipinski definition) is 0. The zero-order chi connectivity index (χ0) is 16.0. The second-order valence-electron chi connectivity index (χ2n) is 0. The Bertz CT molecular complexity index is 141. The van der Waals surface area contributed by atoms with Gasteiger partial charge in [-0.15, -0.1) is 0 Å². The molecule has 0 saturated heterocycles.